The molecule has 5 nitrogen and oxygen atoms in total. The molecular formula is C19H29N3O2. The number of nitrogens with one attached hydrogen (secondary N) is 2. The lowest BCUT2D eigenvalue weighted by Crippen LogP contribution is -2.45. The van der Waals surface area contributed by atoms with Gasteiger partial charge < -0.3 is 15.5 Å². The number of nitrogens with zero attached hydrogens (tertiary/aromatic N) is 1. The van der Waals surface area contributed by atoms with Crippen molar-refractivity contribution in [3.63, 3.8) is 0 Å². The van der Waals surface area contributed by atoms with Crippen molar-refractivity contribution in [2.45, 2.75) is 52.0 Å². The fourth-order valence-electron chi connectivity index (χ4n) is 3.03. The van der Waals surface area contributed by atoms with Crippen LogP contribution in [-0.2, 0) is 9.59 Å². The Morgan fingerprint density at radius 1 is 1.25 bits per heavy atom. The highest BCUT2D eigenvalue weighted by molar-refractivity contribution is 5.78. The minimum Gasteiger partial charge on any atom is -0.381 e. The minimum atomic E-state index is -0.0918. The van der Waals surface area contributed by atoms with E-state index in [9.17, 15) is 9.59 Å². The quantitative estimate of drug-likeness (QED) is 0.842. The van der Waals surface area contributed by atoms with Gasteiger partial charge in [0, 0.05) is 44.7 Å². The highest BCUT2D eigenvalue weighted by Gasteiger charge is 2.23. The van der Waals surface area contributed by atoms with E-state index < -0.39 is 0 Å². The summed E-state index contributed by atoms with van der Waals surface area (Å²) in [6.45, 7) is 7.80. The number of carbonyl (C=O) groups excluding carboxylic acids is 2. The molecule has 0 spiro atoms. The van der Waals surface area contributed by atoms with Crippen molar-refractivity contribution in [2.75, 3.05) is 25.0 Å². The molecule has 1 aliphatic rings. The monoisotopic (exact) mass is 331 g/mol. The van der Waals surface area contributed by atoms with Crippen LogP contribution in [0.5, 0.6) is 0 Å². The van der Waals surface area contributed by atoms with Gasteiger partial charge in [-0.15, -0.1) is 0 Å². The van der Waals surface area contributed by atoms with Crippen LogP contribution in [0.25, 0.3) is 0 Å². The molecule has 0 radical (unpaired) electrons. The second-order valence-corrected chi connectivity index (χ2v) is 6.83. The molecule has 0 bridgehead atoms. The van der Waals surface area contributed by atoms with Gasteiger partial charge in [0.2, 0.25) is 11.8 Å². The predicted octanol–water partition coefficient (Wildman–Crippen LogP) is 2.74. The second kappa shape index (κ2) is 8.71. The second-order valence-electron chi connectivity index (χ2n) is 6.83. The molecule has 1 unspecified atom stereocenters. The summed E-state index contributed by atoms with van der Waals surface area (Å²) in [5, 5.41) is 6.22. The maximum atomic E-state index is 12.2. The Morgan fingerprint density at radius 3 is 2.58 bits per heavy atom. The zero-order valence-corrected chi connectivity index (χ0v) is 15.0. The van der Waals surface area contributed by atoms with Gasteiger partial charge in [0.05, 0.1) is 0 Å². The van der Waals surface area contributed by atoms with Gasteiger partial charge in [-0.05, 0) is 36.5 Å². The van der Waals surface area contributed by atoms with Crippen LogP contribution in [0, 0.1) is 0 Å². The summed E-state index contributed by atoms with van der Waals surface area (Å²) in [7, 11) is 0. The van der Waals surface area contributed by atoms with E-state index in [-0.39, 0.29) is 17.9 Å². The lowest BCUT2D eigenvalue weighted by molar-refractivity contribution is -0.132. The third kappa shape index (κ3) is 5.55. The predicted molar refractivity (Wildman–Crippen MR) is 97.1 cm³/mol. The average molecular weight is 331 g/mol. The van der Waals surface area contributed by atoms with Crippen LogP contribution in [0.2, 0.25) is 0 Å². The maximum Gasteiger partial charge on any atom is 0.224 e. The molecule has 1 atom stereocenters. The van der Waals surface area contributed by atoms with Crippen molar-refractivity contribution < 1.29 is 9.59 Å². The first-order chi connectivity index (χ1) is 11.5. The fourth-order valence-corrected chi connectivity index (χ4v) is 3.03. The number of hydrogen-bond donors (Lipinski definition) is 2. The molecule has 1 aliphatic heterocycles. The minimum absolute atomic E-state index is 0.0918. The van der Waals surface area contributed by atoms with E-state index in [1.54, 1.807) is 0 Å². The summed E-state index contributed by atoms with van der Waals surface area (Å²) < 4.78 is 0. The molecule has 24 heavy (non-hydrogen) atoms. The Balaban J connectivity index is 1.83. The van der Waals surface area contributed by atoms with Crippen molar-refractivity contribution >= 4 is 17.5 Å². The Morgan fingerprint density at radius 2 is 1.96 bits per heavy atom. The van der Waals surface area contributed by atoms with E-state index in [4.69, 9.17) is 0 Å². The first-order valence-electron chi connectivity index (χ1n) is 8.84. The molecule has 2 rings (SSSR count). The van der Waals surface area contributed by atoms with Crippen molar-refractivity contribution in [3.8, 4) is 0 Å². The summed E-state index contributed by atoms with van der Waals surface area (Å²) >= 11 is 0. The van der Waals surface area contributed by atoms with Gasteiger partial charge in [-0.1, -0.05) is 26.0 Å². The number of hydrogen-bond acceptors (Lipinski definition) is 3. The lowest BCUT2D eigenvalue weighted by atomic mass is 10.0. The number of rotatable bonds is 6. The topological polar surface area (TPSA) is 61.4 Å². The Kier molecular flexibility index (Phi) is 6.64. The third-order valence-corrected chi connectivity index (χ3v) is 4.44. The van der Waals surface area contributed by atoms with E-state index >= 15 is 0 Å². The largest absolute Gasteiger partial charge is 0.381 e. The molecule has 0 saturated carbocycles. The zero-order chi connectivity index (χ0) is 17.5. The highest BCUT2D eigenvalue weighted by Crippen LogP contribution is 2.20. The SMILES string of the molecule is CC(=O)NCCC(=O)N1CCCC(Nc2ccc(C(C)C)cc2)C1. The number of carbonyl (C=O) groups is 2. The van der Waals surface area contributed by atoms with Gasteiger partial charge in [-0.25, -0.2) is 0 Å². The van der Waals surface area contributed by atoms with Crippen molar-refractivity contribution in [1.82, 2.24) is 10.2 Å². The van der Waals surface area contributed by atoms with E-state index in [2.05, 4.69) is 48.7 Å². The van der Waals surface area contributed by atoms with E-state index in [1.165, 1.54) is 12.5 Å². The molecule has 5 heteroatoms. The van der Waals surface area contributed by atoms with Crippen LogP contribution in [0.15, 0.2) is 24.3 Å². The molecule has 132 valence electrons. The molecule has 1 heterocycles. The first-order valence-corrected chi connectivity index (χ1v) is 8.84. The van der Waals surface area contributed by atoms with Crippen LogP contribution >= 0.6 is 0 Å². The van der Waals surface area contributed by atoms with Crippen molar-refractivity contribution in [1.29, 1.82) is 0 Å². The molecule has 1 saturated heterocycles. The normalized spacial score (nSPS) is 17.7. The zero-order valence-electron chi connectivity index (χ0n) is 15.0. The Hall–Kier alpha value is -2.04. The molecule has 2 N–H and O–H groups in total. The maximum absolute atomic E-state index is 12.2. The van der Waals surface area contributed by atoms with E-state index in [0.717, 1.165) is 31.6 Å². The van der Waals surface area contributed by atoms with Crippen LogP contribution in [0.4, 0.5) is 5.69 Å². The summed E-state index contributed by atoms with van der Waals surface area (Å²) in [6, 6.07) is 8.84. The lowest BCUT2D eigenvalue weighted by Gasteiger charge is -2.34. The van der Waals surface area contributed by atoms with Gasteiger partial charge in [-0.3, -0.25) is 9.59 Å². The number of benzene rings is 1. The van der Waals surface area contributed by atoms with Gasteiger partial charge in [0.25, 0.3) is 0 Å². The van der Waals surface area contributed by atoms with E-state index in [0.29, 0.717) is 18.9 Å². The molecule has 2 amide bonds. The molecule has 0 aliphatic carbocycles. The van der Waals surface area contributed by atoms with Gasteiger partial charge in [0.15, 0.2) is 0 Å². The van der Waals surface area contributed by atoms with Crippen molar-refractivity contribution in [2.24, 2.45) is 0 Å². The standard InChI is InChI=1S/C19H29N3O2/c1-14(2)16-6-8-17(9-7-16)21-18-5-4-12-22(13-18)19(24)10-11-20-15(3)23/h6-9,14,18,21H,4-5,10-13H2,1-3H3,(H,20,23). The smallest absolute Gasteiger partial charge is 0.224 e. The van der Waals surface area contributed by atoms with E-state index in [1.807, 2.05) is 4.90 Å². The molecular weight excluding hydrogens is 302 g/mol. The summed E-state index contributed by atoms with van der Waals surface area (Å²) in [6.07, 6.45) is 2.45. The van der Waals surface area contributed by atoms with Crippen LogP contribution in [0.3, 0.4) is 0 Å². The van der Waals surface area contributed by atoms with Gasteiger partial charge >= 0.3 is 0 Å². The summed E-state index contributed by atoms with van der Waals surface area (Å²) in [5.41, 5.74) is 2.44. The highest BCUT2D eigenvalue weighted by atomic mass is 16.2. The summed E-state index contributed by atoms with van der Waals surface area (Å²) in [4.78, 5) is 25.0. The molecule has 0 aromatic heterocycles. The third-order valence-electron chi connectivity index (χ3n) is 4.44. The number of amides is 2. The number of piperidine rings is 1. The first kappa shape index (κ1) is 18.3. The van der Waals surface area contributed by atoms with Gasteiger partial charge in [-0.2, -0.15) is 0 Å². The number of anilines is 1. The summed E-state index contributed by atoms with van der Waals surface area (Å²) in [5.74, 6) is 0.557. The van der Waals surface area contributed by atoms with Crippen LogP contribution < -0.4 is 10.6 Å². The Labute approximate surface area is 144 Å². The molecule has 1 fully saturated rings. The fraction of sp³-hybridized carbons (Fsp3) is 0.579. The Bertz CT molecular complexity index is 554. The van der Waals surface area contributed by atoms with Crippen LogP contribution in [-0.4, -0.2) is 42.4 Å². The van der Waals surface area contributed by atoms with Crippen LogP contribution in [0.1, 0.15) is 51.5 Å². The molecule has 1 aromatic carbocycles. The van der Waals surface area contributed by atoms with Crippen molar-refractivity contribution in [3.05, 3.63) is 29.8 Å². The average Bonchev–Trinajstić information content (AvgIpc) is 2.55. The number of likely N-dealkylation sites (tertiary alicyclic amines) is 1. The molecule has 1 aromatic rings. The van der Waals surface area contributed by atoms with Gasteiger partial charge in [0.1, 0.15) is 0 Å².